The van der Waals surface area contributed by atoms with Crippen molar-refractivity contribution in [3.8, 4) is 22.4 Å². The maximum Gasteiger partial charge on any atom is 0.275 e. The van der Waals surface area contributed by atoms with Crippen molar-refractivity contribution >= 4 is 45.5 Å². The second kappa shape index (κ2) is 15.9. The second-order valence-corrected chi connectivity index (χ2v) is 15.8. The predicted octanol–water partition coefficient (Wildman–Crippen LogP) is 2.30. The Bertz CT molecular complexity index is 2830. The average molecular weight is 822 g/mol. The summed E-state index contributed by atoms with van der Waals surface area (Å²) in [7, 11) is 1.86. The molecule has 3 aliphatic heterocycles. The lowest BCUT2D eigenvalue weighted by Gasteiger charge is -2.36. The Labute approximate surface area is 349 Å². The van der Waals surface area contributed by atoms with Crippen LogP contribution >= 0.6 is 0 Å². The zero-order chi connectivity index (χ0) is 41.6. The summed E-state index contributed by atoms with van der Waals surface area (Å²) in [6.07, 6.45) is 9.37. The minimum atomic E-state index is -0.792. The number of aryl methyl sites for hydroxylation is 2. The van der Waals surface area contributed by atoms with Crippen molar-refractivity contribution in [2.24, 2.45) is 7.05 Å². The van der Waals surface area contributed by atoms with Crippen molar-refractivity contribution in [1.29, 1.82) is 0 Å². The first-order valence-corrected chi connectivity index (χ1v) is 20.4. The molecule has 0 bridgehead atoms. The van der Waals surface area contributed by atoms with Crippen LogP contribution in [0.15, 0.2) is 78.2 Å². The highest BCUT2D eigenvalue weighted by Gasteiger charge is 2.31. The summed E-state index contributed by atoms with van der Waals surface area (Å²) >= 11 is 0. The van der Waals surface area contributed by atoms with Gasteiger partial charge in [0.2, 0.25) is 17.5 Å². The van der Waals surface area contributed by atoms with Gasteiger partial charge in [-0.2, -0.15) is 10.2 Å². The molecular weight excluding hydrogens is 779 g/mol. The van der Waals surface area contributed by atoms with Gasteiger partial charge >= 0.3 is 0 Å². The fraction of sp³-hybridized carbons (Fsp3) is 0.357. The van der Waals surface area contributed by atoms with E-state index in [1.807, 2.05) is 50.8 Å². The number of fused-ring (bicyclic) bond motifs is 2. The Kier molecular flexibility index (Phi) is 9.95. The average Bonchev–Trinajstić information content (AvgIpc) is 3.91. The summed E-state index contributed by atoms with van der Waals surface area (Å²) in [5.74, 6) is -0.160. The van der Waals surface area contributed by atoms with E-state index >= 15 is 0 Å². The maximum atomic E-state index is 13.4. The topological polar surface area (TPSA) is 200 Å². The minimum absolute atomic E-state index is 0.158. The number of nitrogens with one attached hydrogen (secondary N) is 1. The zero-order valence-electron chi connectivity index (χ0n) is 33.8. The molecule has 0 saturated carbocycles. The lowest BCUT2D eigenvalue weighted by Crippen LogP contribution is -2.46. The van der Waals surface area contributed by atoms with E-state index in [1.165, 1.54) is 10.2 Å². The molecule has 0 aliphatic carbocycles. The van der Waals surface area contributed by atoms with E-state index in [9.17, 15) is 14.4 Å². The van der Waals surface area contributed by atoms with Crippen LogP contribution in [0, 0.1) is 6.92 Å². The first-order chi connectivity index (χ1) is 29.7. The van der Waals surface area contributed by atoms with Crippen molar-refractivity contribution in [2.45, 2.75) is 45.0 Å². The number of piperidine rings is 1. The number of piperazine rings is 1. The Hall–Kier alpha value is -6.99. The third kappa shape index (κ3) is 7.68. The smallest absolute Gasteiger partial charge is 0.275 e. The van der Waals surface area contributed by atoms with Crippen LogP contribution in [-0.4, -0.2) is 123 Å². The van der Waals surface area contributed by atoms with Crippen LogP contribution in [0.1, 0.15) is 30.1 Å². The molecule has 19 heteroatoms. The molecule has 10 rings (SSSR count). The fourth-order valence-corrected chi connectivity index (χ4v) is 8.37. The summed E-state index contributed by atoms with van der Waals surface area (Å²) in [6, 6.07) is 13.6. The van der Waals surface area contributed by atoms with Gasteiger partial charge in [-0.1, -0.05) is 29.5 Å². The van der Waals surface area contributed by atoms with E-state index in [0.29, 0.717) is 60.3 Å². The molecule has 3 aliphatic rings. The molecule has 3 fully saturated rings. The van der Waals surface area contributed by atoms with Gasteiger partial charge in [-0.25, -0.2) is 29.3 Å². The van der Waals surface area contributed by atoms with E-state index in [1.54, 1.807) is 21.8 Å². The molecule has 2 atom stereocenters. The molecule has 3 saturated heterocycles. The molecule has 2 amide bonds. The third-order valence-electron chi connectivity index (χ3n) is 11.7. The molecule has 0 radical (unpaired) electrons. The molecule has 5 aromatic heterocycles. The van der Waals surface area contributed by atoms with Gasteiger partial charge in [-0.3, -0.25) is 29.3 Å². The highest BCUT2D eigenvalue weighted by Crippen LogP contribution is 2.27. The number of hydrogen-bond acceptors (Lipinski definition) is 15. The van der Waals surface area contributed by atoms with Crippen molar-refractivity contribution in [3.05, 3.63) is 95.1 Å². The lowest BCUT2D eigenvalue weighted by atomic mass is 10.1. The van der Waals surface area contributed by atoms with E-state index in [2.05, 4.69) is 74.8 Å². The summed E-state index contributed by atoms with van der Waals surface area (Å²) in [4.78, 5) is 63.1. The molecule has 310 valence electrons. The first-order valence-electron chi connectivity index (χ1n) is 20.4. The van der Waals surface area contributed by atoms with Gasteiger partial charge in [0.1, 0.15) is 6.04 Å². The number of hydrogen-bond donors (Lipinski definition) is 1. The number of amides is 2. The van der Waals surface area contributed by atoms with Crippen molar-refractivity contribution in [1.82, 2.24) is 64.7 Å². The van der Waals surface area contributed by atoms with Crippen molar-refractivity contribution < 1.29 is 14.3 Å². The third-order valence-corrected chi connectivity index (χ3v) is 11.7. The normalized spacial score (nSPS) is 18.9. The Morgan fingerprint density at radius 2 is 1.67 bits per heavy atom. The number of rotatable bonds is 9. The number of carbonyl (C=O) groups excluding carboxylic acids is 2. The summed E-state index contributed by atoms with van der Waals surface area (Å²) in [5.41, 5.74) is 7.23. The number of nitrogens with zero attached hydrogens (tertiary/aromatic N) is 14. The maximum absolute atomic E-state index is 13.4. The number of benzene rings is 2. The van der Waals surface area contributed by atoms with Crippen LogP contribution in [0.5, 0.6) is 0 Å². The Morgan fingerprint density at radius 1 is 0.852 bits per heavy atom. The van der Waals surface area contributed by atoms with Gasteiger partial charge in [0.05, 0.1) is 48.4 Å². The fourth-order valence-electron chi connectivity index (χ4n) is 8.37. The minimum Gasteiger partial charge on any atom is -0.373 e. The molecule has 8 heterocycles. The van der Waals surface area contributed by atoms with Crippen molar-refractivity contribution in [3.63, 3.8) is 0 Å². The van der Waals surface area contributed by atoms with Crippen LogP contribution in [0.2, 0.25) is 0 Å². The van der Waals surface area contributed by atoms with Crippen LogP contribution in [0.25, 0.3) is 44.5 Å². The molecular formula is C42H43N15O4. The van der Waals surface area contributed by atoms with Crippen LogP contribution < -0.4 is 20.7 Å². The Morgan fingerprint density at radius 3 is 2.44 bits per heavy atom. The number of anilines is 2. The predicted molar refractivity (Wildman–Crippen MR) is 224 cm³/mol. The van der Waals surface area contributed by atoms with Crippen LogP contribution in [0.4, 0.5) is 11.6 Å². The van der Waals surface area contributed by atoms with E-state index in [4.69, 9.17) is 14.7 Å². The highest BCUT2D eigenvalue weighted by molar-refractivity contribution is 5.99. The number of ether oxygens (including phenoxy) is 1. The number of carbonyl (C=O) groups is 2. The SMILES string of the molecule is Cc1nn(C2CCC(=O)NC2=O)c(=O)c2ccc(N3CCN(Cc4ccc(-c5cnc(N6CCO[C@H](Cn7nnc8nc(-c9cnn(C)c9)cnc87)C6)nc5)cc4)CC3)cc12. The summed E-state index contributed by atoms with van der Waals surface area (Å²) < 4.78 is 10.8. The van der Waals surface area contributed by atoms with E-state index in [0.717, 1.165) is 60.5 Å². The number of morpholine rings is 1. The van der Waals surface area contributed by atoms with Crippen LogP contribution in [0.3, 0.4) is 0 Å². The second-order valence-electron chi connectivity index (χ2n) is 15.8. The van der Waals surface area contributed by atoms with E-state index < -0.39 is 11.9 Å². The summed E-state index contributed by atoms with van der Waals surface area (Å²) in [5, 5.41) is 20.9. The summed E-state index contributed by atoms with van der Waals surface area (Å²) in [6.45, 7) is 8.45. The molecule has 61 heavy (non-hydrogen) atoms. The number of imide groups is 1. The van der Waals surface area contributed by atoms with Gasteiger partial charge < -0.3 is 14.5 Å². The standard InChI is InChI=1S/C42H43N15O4/c1-26-34-17-31(7-8-33(34)41(60)57(50-26)36-9-10-37(58)48-40(36)59)54-13-11-53(12-14-54)22-27-3-5-28(6-4-27)29-18-44-42(45-19-29)55-15-16-61-32(24-55)25-56-39-38(49-51-56)47-35(21-43-39)30-20-46-52(2)23-30/h3-8,17-21,23,32,36H,9-16,22,24-25H2,1-2H3,(H,48,58,59)/t32-,36?/m0/s1. The van der Waals surface area contributed by atoms with Crippen LogP contribution in [-0.2, 0) is 34.5 Å². The van der Waals surface area contributed by atoms with E-state index in [-0.39, 0.29) is 30.4 Å². The quantitative estimate of drug-likeness (QED) is 0.208. The number of aromatic nitrogens is 11. The largest absolute Gasteiger partial charge is 0.373 e. The molecule has 1 N–H and O–H groups in total. The van der Waals surface area contributed by atoms with Gasteiger partial charge in [-0.05, 0) is 42.7 Å². The lowest BCUT2D eigenvalue weighted by molar-refractivity contribution is -0.136. The van der Waals surface area contributed by atoms with Gasteiger partial charge in [-0.15, -0.1) is 5.10 Å². The monoisotopic (exact) mass is 821 g/mol. The van der Waals surface area contributed by atoms with Gasteiger partial charge in [0, 0.05) is 100 Å². The first kappa shape index (κ1) is 38.2. The molecule has 19 nitrogen and oxygen atoms in total. The zero-order valence-corrected chi connectivity index (χ0v) is 33.8. The van der Waals surface area contributed by atoms with Gasteiger partial charge in [0.25, 0.3) is 11.5 Å². The molecule has 2 aromatic carbocycles. The molecule has 1 unspecified atom stereocenters. The van der Waals surface area contributed by atoms with Gasteiger partial charge in [0.15, 0.2) is 5.65 Å². The molecule has 0 spiro atoms. The highest BCUT2D eigenvalue weighted by atomic mass is 16.5. The Balaban J connectivity index is 0.727. The van der Waals surface area contributed by atoms with Crippen molar-refractivity contribution in [2.75, 3.05) is 55.7 Å². The molecule has 7 aromatic rings.